The number of aromatic nitrogens is 2. The first-order valence-electron chi connectivity index (χ1n) is 5.13. The van der Waals surface area contributed by atoms with Gasteiger partial charge in [-0.25, -0.2) is 4.98 Å². The molecule has 0 aliphatic carbocycles. The van der Waals surface area contributed by atoms with Crippen LogP contribution in [0.2, 0.25) is 0 Å². The Hall–Kier alpha value is -1.75. The number of fused-ring (bicyclic) bond motifs is 1. The summed E-state index contributed by atoms with van der Waals surface area (Å²) in [6.07, 6.45) is 1.71. The lowest BCUT2D eigenvalue weighted by Crippen LogP contribution is -1.96. The molecule has 5 heteroatoms. The second-order valence-electron chi connectivity index (χ2n) is 3.81. The van der Waals surface area contributed by atoms with E-state index in [1.54, 1.807) is 10.8 Å². The fourth-order valence-electron chi connectivity index (χ4n) is 1.83. The summed E-state index contributed by atoms with van der Waals surface area (Å²) in [5, 5.41) is 1.03. The predicted octanol–water partition coefficient (Wildman–Crippen LogP) is 3.18. The van der Waals surface area contributed by atoms with Crippen molar-refractivity contribution in [2.24, 2.45) is 7.05 Å². The highest BCUT2D eigenvalue weighted by atomic mass is 79.9. The van der Waals surface area contributed by atoms with Gasteiger partial charge in [0.25, 0.3) is 0 Å². The first-order valence-corrected chi connectivity index (χ1v) is 5.92. The molecule has 3 rings (SSSR count). The molecular formula is C12H10BrN3O. The average molecular weight is 292 g/mol. The van der Waals surface area contributed by atoms with Gasteiger partial charge in [0.15, 0.2) is 0 Å². The quantitative estimate of drug-likeness (QED) is 0.749. The molecule has 0 saturated heterocycles. The normalized spacial score (nSPS) is 11.2. The number of hydrogen-bond donors (Lipinski definition) is 1. The minimum Gasteiger partial charge on any atom is -0.464 e. The lowest BCUT2D eigenvalue weighted by molar-refractivity contribution is 0.617. The summed E-state index contributed by atoms with van der Waals surface area (Å²) in [5.74, 6) is 0.470. The van der Waals surface area contributed by atoms with Gasteiger partial charge in [-0.2, -0.15) is 0 Å². The van der Waals surface area contributed by atoms with E-state index >= 15 is 0 Å². The standard InChI is InChI=1S/C12H10BrN3O/c1-16-11(13)10(15-12(16)14)8-6-17-9-5-3-2-4-7(8)9/h2-6H,1H3,(H2,14,15). The zero-order chi connectivity index (χ0) is 12.0. The third kappa shape index (κ3) is 1.46. The van der Waals surface area contributed by atoms with E-state index in [2.05, 4.69) is 20.9 Å². The molecule has 0 atom stereocenters. The van der Waals surface area contributed by atoms with Crippen LogP contribution in [0.5, 0.6) is 0 Å². The average Bonchev–Trinajstić information content (AvgIpc) is 2.86. The van der Waals surface area contributed by atoms with Gasteiger partial charge in [-0.3, -0.25) is 0 Å². The summed E-state index contributed by atoms with van der Waals surface area (Å²) in [7, 11) is 1.86. The van der Waals surface area contributed by atoms with Crippen molar-refractivity contribution in [2.45, 2.75) is 0 Å². The summed E-state index contributed by atoms with van der Waals surface area (Å²) in [4.78, 5) is 4.34. The third-order valence-electron chi connectivity index (χ3n) is 2.80. The lowest BCUT2D eigenvalue weighted by Gasteiger charge is -1.96. The summed E-state index contributed by atoms with van der Waals surface area (Å²) in [6, 6.07) is 7.85. The summed E-state index contributed by atoms with van der Waals surface area (Å²) < 4.78 is 8.13. The van der Waals surface area contributed by atoms with Crippen molar-refractivity contribution in [2.75, 3.05) is 5.73 Å². The van der Waals surface area contributed by atoms with Crippen molar-refractivity contribution in [1.29, 1.82) is 0 Å². The Balaban J connectivity index is 2.31. The third-order valence-corrected chi connectivity index (χ3v) is 3.70. The summed E-state index contributed by atoms with van der Waals surface area (Å²) in [6.45, 7) is 0. The molecule has 86 valence electrons. The smallest absolute Gasteiger partial charge is 0.201 e. The molecule has 0 saturated carbocycles. The van der Waals surface area contributed by atoms with Gasteiger partial charge in [-0.15, -0.1) is 0 Å². The van der Waals surface area contributed by atoms with E-state index in [9.17, 15) is 0 Å². The van der Waals surface area contributed by atoms with E-state index in [1.165, 1.54) is 0 Å². The number of nitrogens with zero attached hydrogens (tertiary/aromatic N) is 2. The van der Waals surface area contributed by atoms with Crippen molar-refractivity contribution >= 4 is 32.8 Å². The molecule has 2 heterocycles. The SMILES string of the molecule is Cn1c(N)nc(-c2coc3ccccc23)c1Br. The van der Waals surface area contributed by atoms with Gasteiger partial charge in [0.05, 0.1) is 0 Å². The zero-order valence-corrected chi connectivity index (χ0v) is 10.7. The van der Waals surface area contributed by atoms with Gasteiger partial charge < -0.3 is 14.7 Å². The predicted molar refractivity (Wildman–Crippen MR) is 70.5 cm³/mol. The van der Waals surface area contributed by atoms with Crippen LogP contribution in [0.3, 0.4) is 0 Å². The number of para-hydroxylation sites is 1. The minimum absolute atomic E-state index is 0.470. The molecule has 0 spiro atoms. The van der Waals surface area contributed by atoms with Crippen molar-refractivity contribution in [1.82, 2.24) is 9.55 Å². The molecule has 3 aromatic rings. The highest BCUT2D eigenvalue weighted by Crippen LogP contribution is 2.35. The molecule has 2 aromatic heterocycles. The number of benzene rings is 1. The number of rotatable bonds is 1. The molecule has 0 amide bonds. The minimum atomic E-state index is 0.470. The van der Waals surface area contributed by atoms with Crippen LogP contribution in [-0.4, -0.2) is 9.55 Å². The van der Waals surface area contributed by atoms with Gasteiger partial charge in [0.2, 0.25) is 5.95 Å². The van der Waals surface area contributed by atoms with Crippen LogP contribution in [0.1, 0.15) is 0 Å². The molecule has 0 fully saturated rings. The van der Waals surface area contributed by atoms with Crippen molar-refractivity contribution in [3.05, 3.63) is 35.1 Å². The molecule has 17 heavy (non-hydrogen) atoms. The van der Waals surface area contributed by atoms with Crippen LogP contribution in [0, 0.1) is 0 Å². The van der Waals surface area contributed by atoms with Gasteiger partial charge in [0, 0.05) is 18.0 Å². The van der Waals surface area contributed by atoms with Crippen LogP contribution in [0.4, 0.5) is 5.95 Å². The second-order valence-corrected chi connectivity index (χ2v) is 4.57. The van der Waals surface area contributed by atoms with E-state index in [4.69, 9.17) is 10.2 Å². The molecule has 0 radical (unpaired) electrons. The summed E-state index contributed by atoms with van der Waals surface area (Å²) >= 11 is 3.49. The number of furan rings is 1. The van der Waals surface area contributed by atoms with E-state index < -0.39 is 0 Å². The highest BCUT2D eigenvalue weighted by Gasteiger charge is 2.16. The largest absolute Gasteiger partial charge is 0.464 e. The Kier molecular flexibility index (Phi) is 2.22. The molecule has 0 aliphatic heterocycles. The number of nitrogen functional groups attached to an aromatic ring is 1. The van der Waals surface area contributed by atoms with E-state index in [0.29, 0.717) is 5.95 Å². The van der Waals surface area contributed by atoms with Crippen LogP contribution in [0.25, 0.3) is 22.2 Å². The highest BCUT2D eigenvalue weighted by molar-refractivity contribution is 9.10. The second kappa shape index (κ2) is 3.63. The first kappa shape index (κ1) is 10.4. The van der Waals surface area contributed by atoms with Crippen LogP contribution in [0.15, 0.2) is 39.5 Å². The van der Waals surface area contributed by atoms with E-state index in [1.807, 2.05) is 31.3 Å². The number of imidazole rings is 1. The number of nitrogens with two attached hydrogens (primary N) is 1. The number of hydrogen-bond acceptors (Lipinski definition) is 3. The van der Waals surface area contributed by atoms with E-state index in [-0.39, 0.29) is 0 Å². The van der Waals surface area contributed by atoms with Gasteiger partial charge in [-0.1, -0.05) is 18.2 Å². The maximum atomic E-state index is 5.78. The Bertz CT molecular complexity index is 699. The Morgan fingerprint density at radius 1 is 1.35 bits per heavy atom. The Morgan fingerprint density at radius 2 is 2.12 bits per heavy atom. The van der Waals surface area contributed by atoms with Crippen LogP contribution in [-0.2, 0) is 7.05 Å². The van der Waals surface area contributed by atoms with Gasteiger partial charge in [0.1, 0.15) is 22.1 Å². The van der Waals surface area contributed by atoms with Crippen molar-refractivity contribution in [3.63, 3.8) is 0 Å². The Morgan fingerprint density at radius 3 is 2.82 bits per heavy atom. The molecule has 2 N–H and O–H groups in total. The number of anilines is 1. The maximum absolute atomic E-state index is 5.78. The van der Waals surface area contributed by atoms with Crippen molar-refractivity contribution in [3.8, 4) is 11.3 Å². The lowest BCUT2D eigenvalue weighted by atomic mass is 10.1. The van der Waals surface area contributed by atoms with E-state index in [0.717, 1.165) is 26.8 Å². The summed E-state index contributed by atoms with van der Waals surface area (Å²) in [5.41, 5.74) is 8.37. The first-order chi connectivity index (χ1) is 8.18. The van der Waals surface area contributed by atoms with Crippen molar-refractivity contribution < 1.29 is 4.42 Å². The molecule has 0 bridgehead atoms. The van der Waals surface area contributed by atoms with Crippen LogP contribution < -0.4 is 5.73 Å². The van der Waals surface area contributed by atoms with Gasteiger partial charge >= 0.3 is 0 Å². The monoisotopic (exact) mass is 291 g/mol. The fraction of sp³-hybridized carbons (Fsp3) is 0.0833. The molecule has 0 unspecified atom stereocenters. The fourth-order valence-corrected chi connectivity index (χ4v) is 2.31. The topological polar surface area (TPSA) is 57.0 Å². The zero-order valence-electron chi connectivity index (χ0n) is 9.14. The van der Waals surface area contributed by atoms with Crippen LogP contribution >= 0.6 is 15.9 Å². The maximum Gasteiger partial charge on any atom is 0.201 e. The van der Waals surface area contributed by atoms with Gasteiger partial charge in [-0.05, 0) is 22.0 Å². The molecule has 0 aliphatic rings. The molecular weight excluding hydrogens is 282 g/mol. The molecule has 4 nitrogen and oxygen atoms in total. The Labute approximate surface area is 106 Å². The number of halogens is 1. The molecule has 1 aromatic carbocycles.